The quantitative estimate of drug-likeness (QED) is 0.414. The van der Waals surface area contributed by atoms with Crippen LogP contribution in [0, 0.1) is 10.1 Å². The van der Waals surface area contributed by atoms with Crippen LogP contribution in [0.2, 0.25) is 0 Å². The summed E-state index contributed by atoms with van der Waals surface area (Å²) in [4.78, 5) is 23.2. The maximum Gasteiger partial charge on any atom is 0.269 e. The third kappa shape index (κ3) is 3.76. The van der Waals surface area contributed by atoms with Crippen molar-refractivity contribution >= 4 is 27.4 Å². The van der Waals surface area contributed by atoms with E-state index in [-0.39, 0.29) is 17.4 Å². The summed E-state index contributed by atoms with van der Waals surface area (Å²) in [6.45, 7) is 1.91. The van der Waals surface area contributed by atoms with E-state index in [2.05, 4.69) is 15.9 Å². The molecule has 23 heavy (non-hydrogen) atoms. The van der Waals surface area contributed by atoms with Crippen molar-refractivity contribution in [2.45, 2.75) is 19.3 Å². The number of nitrogens with zero attached hydrogens (tertiary/aromatic N) is 1. The minimum atomic E-state index is -0.454. The molecule has 120 valence electrons. The first kappa shape index (κ1) is 17.1. The zero-order valence-corrected chi connectivity index (χ0v) is 14.4. The standard InChI is InChI=1S/C17H16BrNO4/c1-3-14(11-4-7-13(8-5-11)19(21)22)17(20)15-10-12(18)6-9-16(15)23-2/h4-10,14H,3H2,1-2H3. The van der Waals surface area contributed by atoms with E-state index in [1.165, 1.54) is 19.2 Å². The van der Waals surface area contributed by atoms with Crippen molar-refractivity contribution in [2.75, 3.05) is 7.11 Å². The van der Waals surface area contributed by atoms with Gasteiger partial charge in [-0.2, -0.15) is 0 Å². The van der Waals surface area contributed by atoms with Crippen molar-refractivity contribution in [3.05, 3.63) is 68.2 Å². The molecule has 1 atom stereocenters. The highest BCUT2D eigenvalue weighted by atomic mass is 79.9. The van der Waals surface area contributed by atoms with Gasteiger partial charge in [-0.15, -0.1) is 0 Å². The zero-order chi connectivity index (χ0) is 17.0. The van der Waals surface area contributed by atoms with Gasteiger partial charge in [-0.3, -0.25) is 14.9 Å². The van der Waals surface area contributed by atoms with Gasteiger partial charge >= 0.3 is 0 Å². The van der Waals surface area contributed by atoms with Gasteiger partial charge in [0.25, 0.3) is 5.69 Å². The molecule has 0 saturated heterocycles. The number of carbonyl (C=O) groups is 1. The number of Topliss-reactive ketones (excluding diaryl/α,β-unsaturated/α-hetero) is 1. The van der Waals surface area contributed by atoms with Crippen LogP contribution in [0.15, 0.2) is 46.9 Å². The van der Waals surface area contributed by atoms with E-state index in [1.807, 2.05) is 13.0 Å². The fourth-order valence-electron chi connectivity index (χ4n) is 2.46. The van der Waals surface area contributed by atoms with Gasteiger partial charge < -0.3 is 4.74 Å². The maximum atomic E-state index is 12.9. The maximum absolute atomic E-state index is 12.9. The van der Waals surface area contributed by atoms with Crippen LogP contribution in [-0.2, 0) is 0 Å². The van der Waals surface area contributed by atoms with E-state index >= 15 is 0 Å². The zero-order valence-electron chi connectivity index (χ0n) is 12.8. The Hall–Kier alpha value is -2.21. The molecule has 0 saturated carbocycles. The Kier molecular flexibility index (Phi) is 5.50. The number of ether oxygens (including phenoxy) is 1. The number of nitro benzene ring substituents is 1. The molecule has 0 bridgehead atoms. The average Bonchev–Trinajstić information content (AvgIpc) is 2.55. The number of halogens is 1. The summed E-state index contributed by atoms with van der Waals surface area (Å²) in [6.07, 6.45) is 0.590. The molecule has 0 radical (unpaired) electrons. The summed E-state index contributed by atoms with van der Waals surface area (Å²) in [7, 11) is 1.52. The number of rotatable bonds is 6. The third-order valence-corrected chi connectivity index (χ3v) is 4.15. The minimum Gasteiger partial charge on any atom is -0.496 e. The molecule has 5 nitrogen and oxygen atoms in total. The second kappa shape index (κ2) is 7.37. The number of nitro groups is 1. The van der Waals surface area contributed by atoms with E-state index in [9.17, 15) is 14.9 Å². The summed E-state index contributed by atoms with van der Waals surface area (Å²) in [5.41, 5.74) is 1.26. The van der Waals surface area contributed by atoms with Crippen LogP contribution in [-0.4, -0.2) is 17.8 Å². The van der Waals surface area contributed by atoms with Gasteiger partial charge in [-0.25, -0.2) is 0 Å². The summed E-state index contributed by atoms with van der Waals surface area (Å²) in [5, 5.41) is 10.7. The highest BCUT2D eigenvalue weighted by Gasteiger charge is 2.24. The molecule has 6 heteroatoms. The highest BCUT2D eigenvalue weighted by Crippen LogP contribution is 2.31. The van der Waals surface area contributed by atoms with E-state index in [0.717, 1.165) is 10.0 Å². The highest BCUT2D eigenvalue weighted by molar-refractivity contribution is 9.10. The normalized spacial score (nSPS) is 11.8. The van der Waals surface area contributed by atoms with Crippen LogP contribution >= 0.6 is 15.9 Å². The summed E-state index contributed by atoms with van der Waals surface area (Å²) >= 11 is 3.36. The molecule has 0 spiro atoms. The summed E-state index contributed by atoms with van der Waals surface area (Å²) in [5.74, 6) is 0.0667. The first-order valence-electron chi connectivity index (χ1n) is 7.10. The van der Waals surface area contributed by atoms with Crippen LogP contribution in [0.5, 0.6) is 5.75 Å². The first-order chi connectivity index (χ1) is 11.0. The molecule has 2 aromatic rings. The van der Waals surface area contributed by atoms with Crippen LogP contribution in [0.1, 0.15) is 35.2 Å². The Labute approximate surface area is 142 Å². The lowest BCUT2D eigenvalue weighted by Gasteiger charge is -2.16. The monoisotopic (exact) mass is 377 g/mol. The summed E-state index contributed by atoms with van der Waals surface area (Å²) in [6, 6.07) is 11.4. The smallest absolute Gasteiger partial charge is 0.269 e. The molecule has 0 aliphatic heterocycles. The molecule has 1 unspecified atom stereocenters. The van der Waals surface area contributed by atoms with Crippen molar-refractivity contribution in [1.29, 1.82) is 0 Å². The minimum absolute atomic E-state index is 0.0103. The van der Waals surface area contributed by atoms with Crippen LogP contribution in [0.3, 0.4) is 0 Å². The number of ketones is 1. The topological polar surface area (TPSA) is 69.4 Å². The Morgan fingerprint density at radius 3 is 2.43 bits per heavy atom. The molecule has 0 amide bonds. The summed E-state index contributed by atoms with van der Waals surface area (Å²) < 4.78 is 6.06. The molecule has 0 N–H and O–H groups in total. The van der Waals surface area contributed by atoms with Gasteiger partial charge in [0.2, 0.25) is 0 Å². The fraction of sp³-hybridized carbons (Fsp3) is 0.235. The second-order valence-electron chi connectivity index (χ2n) is 5.02. The first-order valence-corrected chi connectivity index (χ1v) is 7.89. The molecule has 0 heterocycles. The average molecular weight is 378 g/mol. The van der Waals surface area contributed by atoms with Gasteiger partial charge in [0.1, 0.15) is 5.75 Å². The van der Waals surface area contributed by atoms with Crippen molar-refractivity contribution in [3.8, 4) is 5.75 Å². The molecular weight excluding hydrogens is 362 g/mol. The Morgan fingerprint density at radius 1 is 1.26 bits per heavy atom. The SMILES string of the molecule is CCC(C(=O)c1cc(Br)ccc1OC)c1ccc([N+](=O)[O-])cc1. The number of non-ortho nitro benzene ring substituents is 1. The molecule has 2 rings (SSSR count). The predicted octanol–water partition coefficient (Wildman–Crippen LogP) is 4.74. The van der Waals surface area contributed by atoms with Crippen LogP contribution in [0.4, 0.5) is 5.69 Å². The fourth-order valence-corrected chi connectivity index (χ4v) is 2.82. The lowest BCUT2D eigenvalue weighted by atomic mass is 9.88. The van der Waals surface area contributed by atoms with Crippen molar-refractivity contribution in [2.24, 2.45) is 0 Å². The third-order valence-electron chi connectivity index (χ3n) is 3.66. The number of hydrogen-bond donors (Lipinski definition) is 0. The van der Waals surface area contributed by atoms with E-state index < -0.39 is 4.92 Å². The van der Waals surface area contributed by atoms with Crippen LogP contribution in [0.25, 0.3) is 0 Å². The van der Waals surface area contributed by atoms with Crippen molar-refractivity contribution in [3.63, 3.8) is 0 Å². The van der Waals surface area contributed by atoms with Gasteiger partial charge in [0.05, 0.1) is 17.6 Å². The molecule has 0 aliphatic rings. The second-order valence-corrected chi connectivity index (χ2v) is 5.93. The van der Waals surface area contributed by atoms with Gasteiger partial charge in [-0.1, -0.05) is 35.0 Å². The van der Waals surface area contributed by atoms with Gasteiger partial charge in [-0.05, 0) is 30.2 Å². The molecular formula is C17H16BrNO4. The lowest BCUT2D eigenvalue weighted by Crippen LogP contribution is -2.13. The van der Waals surface area contributed by atoms with E-state index in [0.29, 0.717) is 17.7 Å². The van der Waals surface area contributed by atoms with Gasteiger partial charge in [0, 0.05) is 22.5 Å². The van der Waals surface area contributed by atoms with Crippen molar-refractivity contribution in [1.82, 2.24) is 0 Å². The molecule has 0 aromatic heterocycles. The van der Waals surface area contributed by atoms with Gasteiger partial charge in [0.15, 0.2) is 5.78 Å². The number of methoxy groups -OCH3 is 1. The van der Waals surface area contributed by atoms with Crippen LogP contribution < -0.4 is 4.74 Å². The van der Waals surface area contributed by atoms with E-state index in [4.69, 9.17) is 4.74 Å². The predicted molar refractivity (Wildman–Crippen MR) is 91.2 cm³/mol. The lowest BCUT2D eigenvalue weighted by molar-refractivity contribution is -0.384. The van der Waals surface area contributed by atoms with E-state index in [1.54, 1.807) is 24.3 Å². The number of carbonyl (C=O) groups excluding carboxylic acids is 1. The Morgan fingerprint density at radius 2 is 1.91 bits per heavy atom. The Balaban J connectivity index is 2.39. The molecule has 0 fully saturated rings. The number of benzene rings is 2. The van der Waals surface area contributed by atoms with Crippen molar-refractivity contribution < 1.29 is 14.5 Å². The number of hydrogen-bond acceptors (Lipinski definition) is 4. The molecule has 2 aromatic carbocycles. The Bertz CT molecular complexity index is 728. The largest absolute Gasteiger partial charge is 0.496 e. The molecule has 0 aliphatic carbocycles.